The van der Waals surface area contributed by atoms with Gasteiger partial charge in [0.15, 0.2) is 5.82 Å². The van der Waals surface area contributed by atoms with Gasteiger partial charge in [0.2, 0.25) is 5.75 Å². The van der Waals surface area contributed by atoms with Crippen LogP contribution in [-0.4, -0.2) is 21.7 Å². The lowest BCUT2D eigenvalue weighted by Crippen LogP contribution is -2.10. The molecular formula is C17H14F2N4O4. The van der Waals surface area contributed by atoms with E-state index in [9.17, 15) is 18.9 Å². The van der Waals surface area contributed by atoms with Gasteiger partial charge in [-0.15, -0.1) is 0 Å². The standard InChI is InChI=1S/C17H14F2N4O4/c1-10(15-21-16(27-22-15)11-5-3-2-4-6-11)20-12-7-8-13(23(24)25)14(9-12)26-17(18)19/h2-10,17,20H,1H3. The number of rotatable bonds is 7. The molecule has 0 saturated heterocycles. The summed E-state index contributed by atoms with van der Waals surface area (Å²) in [6, 6.07) is 12.3. The highest BCUT2D eigenvalue weighted by Crippen LogP contribution is 2.32. The van der Waals surface area contributed by atoms with Crippen molar-refractivity contribution < 1.29 is 23.0 Å². The predicted octanol–water partition coefficient (Wildman–Crippen LogP) is 4.42. The molecule has 0 bridgehead atoms. The summed E-state index contributed by atoms with van der Waals surface area (Å²) in [7, 11) is 0. The number of halogens is 2. The minimum atomic E-state index is -3.18. The summed E-state index contributed by atoms with van der Waals surface area (Å²) >= 11 is 0. The van der Waals surface area contributed by atoms with Gasteiger partial charge in [-0.3, -0.25) is 10.1 Å². The van der Waals surface area contributed by atoms with Crippen LogP contribution in [0.15, 0.2) is 53.1 Å². The highest BCUT2D eigenvalue weighted by Gasteiger charge is 2.21. The lowest BCUT2D eigenvalue weighted by molar-refractivity contribution is -0.386. The molecule has 0 aliphatic heterocycles. The highest BCUT2D eigenvalue weighted by molar-refractivity contribution is 5.58. The quantitative estimate of drug-likeness (QED) is 0.481. The first-order valence-corrected chi connectivity index (χ1v) is 7.83. The van der Waals surface area contributed by atoms with Gasteiger partial charge in [0.1, 0.15) is 0 Å². The molecule has 8 nitrogen and oxygen atoms in total. The van der Waals surface area contributed by atoms with Crippen LogP contribution in [0, 0.1) is 10.1 Å². The van der Waals surface area contributed by atoms with Gasteiger partial charge < -0.3 is 14.6 Å². The molecule has 1 aromatic heterocycles. The molecule has 0 fully saturated rings. The van der Waals surface area contributed by atoms with Crippen molar-refractivity contribution in [3.63, 3.8) is 0 Å². The average molecular weight is 376 g/mol. The Morgan fingerprint density at radius 2 is 1.96 bits per heavy atom. The molecule has 0 spiro atoms. The summed E-state index contributed by atoms with van der Waals surface area (Å²) < 4.78 is 34.4. The zero-order valence-corrected chi connectivity index (χ0v) is 14.0. The fourth-order valence-electron chi connectivity index (χ4n) is 2.37. The Morgan fingerprint density at radius 3 is 2.63 bits per heavy atom. The first kappa shape index (κ1) is 18.2. The van der Waals surface area contributed by atoms with Gasteiger partial charge in [-0.2, -0.15) is 13.8 Å². The summed E-state index contributed by atoms with van der Waals surface area (Å²) in [6.07, 6.45) is 0. The molecule has 1 heterocycles. The Kier molecular flexibility index (Phi) is 5.25. The maximum absolute atomic E-state index is 12.5. The predicted molar refractivity (Wildman–Crippen MR) is 91.5 cm³/mol. The van der Waals surface area contributed by atoms with Crippen molar-refractivity contribution in [1.82, 2.24) is 10.1 Å². The molecule has 140 valence electrons. The lowest BCUT2D eigenvalue weighted by atomic mass is 10.2. The smallest absolute Gasteiger partial charge is 0.387 e. The van der Waals surface area contributed by atoms with Crippen LogP contribution in [0.1, 0.15) is 18.8 Å². The van der Waals surface area contributed by atoms with Crippen molar-refractivity contribution in [1.29, 1.82) is 0 Å². The largest absolute Gasteiger partial charge is 0.427 e. The number of hydrogen-bond donors (Lipinski definition) is 1. The van der Waals surface area contributed by atoms with E-state index >= 15 is 0 Å². The summed E-state index contributed by atoms with van der Waals surface area (Å²) in [6.45, 7) is -1.45. The van der Waals surface area contributed by atoms with Crippen molar-refractivity contribution in [2.24, 2.45) is 0 Å². The summed E-state index contributed by atoms with van der Waals surface area (Å²) in [4.78, 5) is 14.4. The average Bonchev–Trinajstić information content (AvgIpc) is 3.12. The number of hydrogen-bond acceptors (Lipinski definition) is 7. The second-order valence-corrected chi connectivity index (χ2v) is 5.51. The molecule has 1 N–H and O–H groups in total. The Balaban J connectivity index is 1.79. The van der Waals surface area contributed by atoms with Crippen LogP contribution in [0.4, 0.5) is 20.2 Å². The SMILES string of the molecule is CC(Nc1ccc([N+](=O)[O-])c(OC(F)F)c1)c1noc(-c2ccccc2)n1. The Labute approximate surface area is 151 Å². The van der Waals surface area contributed by atoms with E-state index in [-0.39, 0.29) is 0 Å². The number of nitrogens with one attached hydrogen (secondary N) is 1. The van der Waals surface area contributed by atoms with Crippen molar-refractivity contribution in [2.75, 3.05) is 5.32 Å². The fraction of sp³-hybridized carbons (Fsp3) is 0.176. The molecule has 0 saturated carbocycles. The molecule has 1 unspecified atom stereocenters. The van der Waals surface area contributed by atoms with E-state index in [4.69, 9.17) is 4.52 Å². The molecular weight excluding hydrogens is 362 g/mol. The third-order valence-corrected chi connectivity index (χ3v) is 3.61. The first-order valence-electron chi connectivity index (χ1n) is 7.83. The molecule has 0 aliphatic carbocycles. The number of benzene rings is 2. The highest BCUT2D eigenvalue weighted by atomic mass is 19.3. The summed E-state index contributed by atoms with van der Waals surface area (Å²) in [5.74, 6) is 0.137. The molecule has 0 amide bonds. The maximum Gasteiger partial charge on any atom is 0.387 e. The summed E-state index contributed by atoms with van der Waals surface area (Å²) in [5.41, 5.74) is 0.528. The van der Waals surface area contributed by atoms with Crippen LogP contribution >= 0.6 is 0 Å². The van der Waals surface area contributed by atoms with Gasteiger partial charge in [0.25, 0.3) is 5.89 Å². The number of alkyl halides is 2. The van der Waals surface area contributed by atoms with Gasteiger partial charge in [0.05, 0.1) is 11.0 Å². The van der Waals surface area contributed by atoms with Crippen LogP contribution in [0.5, 0.6) is 5.75 Å². The van der Waals surface area contributed by atoms with Gasteiger partial charge in [0, 0.05) is 23.4 Å². The molecule has 3 rings (SSSR count). The van der Waals surface area contributed by atoms with E-state index in [1.54, 1.807) is 6.92 Å². The monoisotopic (exact) mass is 376 g/mol. The lowest BCUT2D eigenvalue weighted by Gasteiger charge is -2.13. The number of nitro benzene ring substituents is 1. The molecule has 3 aromatic rings. The van der Waals surface area contributed by atoms with Crippen molar-refractivity contribution in [3.05, 3.63) is 64.5 Å². The third-order valence-electron chi connectivity index (χ3n) is 3.61. The topological polar surface area (TPSA) is 103 Å². The van der Waals surface area contributed by atoms with Gasteiger partial charge in [-0.1, -0.05) is 23.4 Å². The van der Waals surface area contributed by atoms with Crippen LogP contribution < -0.4 is 10.1 Å². The second-order valence-electron chi connectivity index (χ2n) is 5.51. The van der Waals surface area contributed by atoms with Gasteiger partial charge in [-0.05, 0) is 25.1 Å². The number of nitrogens with zero attached hydrogens (tertiary/aromatic N) is 3. The molecule has 27 heavy (non-hydrogen) atoms. The van der Waals surface area contributed by atoms with Crippen LogP contribution in [0.3, 0.4) is 0 Å². The molecule has 1 atom stereocenters. The minimum absolute atomic E-state index is 0.329. The van der Waals surface area contributed by atoms with E-state index in [0.717, 1.165) is 17.7 Å². The maximum atomic E-state index is 12.5. The Morgan fingerprint density at radius 1 is 1.22 bits per heavy atom. The normalized spacial score (nSPS) is 12.0. The van der Waals surface area contributed by atoms with E-state index in [2.05, 4.69) is 20.2 Å². The van der Waals surface area contributed by atoms with Crippen LogP contribution in [0.25, 0.3) is 11.5 Å². The second kappa shape index (κ2) is 7.77. The number of aromatic nitrogens is 2. The summed E-state index contributed by atoms with van der Waals surface area (Å²) in [5, 5.41) is 17.8. The number of anilines is 1. The van der Waals surface area contributed by atoms with Gasteiger partial charge >= 0.3 is 12.3 Å². The van der Waals surface area contributed by atoms with E-state index in [1.807, 2.05) is 30.3 Å². The van der Waals surface area contributed by atoms with Crippen LogP contribution in [-0.2, 0) is 0 Å². The minimum Gasteiger partial charge on any atom is -0.427 e. The zero-order chi connectivity index (χ0) is 19.4. The van der Waals surface area contributed by atoms with Crippen LogP contribution in [0.2, 0.25) is 0 Å². The molecule has 10 heteroatoms. The fourth-order valence-corrected chi connectivity index (χ4v) is 2.37. The number of nitro groups is 1. The van der Waals surface area contributed by atoms with E-state index < -0.39 is 29.0 Å². The Hall–Kier alpha value is -3.56. The molecule has 0 aliphatic rings. The van der Waals surface area contributed by atoms with E-state index in [1.165, 1.54) is 6.07 Å². The first-order chi connectivity index (χ1) is 12.9. The molecule has 2 aromatic carbocycles. The van der Waals surface area contributed by atoms with Gasteiger partial charge in [-0.25, -0.2) is 0 Å². The number of ether oxygens (including phenoxy) is 1. The van der Waals surface area contributed by atoms with Crippen molar-refractivity contribution in [2.45, 2.75) is 19.6 Å². The third kappa shape index (κ3) is 4.35. The molecule has 0 radical (unpaired) electrons. The van der Waals surface area contributed by atoms with Crippen molar-refractivity contribution >= 4 is 11.4 Å². The van der Waals surface area contributed by atoms with Crippen molar-refractivity contribution in [3.8, 4) is 17.2 Å². The Bertz CT molecular complexity index is 934. The zero-order valence-electron chi connectivity index (χ0n) is 14.0. The van der Waals surface area contributed by atoms with E-state index in [0.29, 0.717) is 17.4 Å².